The van der Waals surface area contributed by atoms with E-state index in [1.165, 1.54) is 13.1 Å². The number of nitrogens with one attached hydrogen (secondary N) is 2. The number of aromatic nitrogens is 3. The highest BCUT2D eigenvalue weighted by Gasteiger charge is 2.18. The van der Waals surface area contributed by atoms with Gasteiger partial charge in [-0.3, -0.25) is 9.52 Å². The van der Waals surface area contributed by atoms with Crippen LogP contribution in [0.2, 0.25) is 0 Å². The summed E-state index contributed by atoms with van der Waals surface area (Å²) in [7, 11) is -3.80. The van der Waals surface area contributed by atoms with Gasteiger partial charge in [0, 0.05) is 30.6 Å². The Bertz CT molecular complexity index is 1310. The van der Waals surface area contributed by atoms with Gasteiger partial charge < -0.3 is 9.72 Å². The van der Waals surface area contributed by atoms with Crippen molar-refractivity contribution in [1.29, 1.82) is 0 Å². The standard InChI is InChI=1S/C19H17N5O3S2/c1-12-4-3-9-24-11-16(22-18(12)24)14-5-7-15(8-6-14)23-29(26,27)17-10-20-19(28-17)21-13(2)25/h3-11,23H,1-2H3,(H,20,21,25). The summed E-state index contributed by atoms with van der Waals surface area (Å²) in [5.41, 5.74) is 4.06. The van der Waals surface area contributed by atoms with E-state index in [1.54, 1.807) is 12.1 Å². The summed E-state index contributed by atoms with van der Waals surface area (Å²) in [4.78, 5) is 19.6. The number of imidazole rings is 1. The summed E-state index contributed by atoms with van der Waals surface area (Å²) in [6.07, 6.45) is 5.08. The lowest BCUT2D eigenvalue weighted by Gasteiger charge is -2.06. The molecule has 1 aromatic carbocycles. The SMILES string of the molecule is CC(=O)Nc1ncc(S(=O)(=O)Nc2ccc(-c3cn4cccc(C)c4n3)cc2)s1. The minimum atomic E-state index is -3.80. The first-order valence-corrected chi connectivity index (χ1v) is 10.9. The molecule has 10 heteroatoms. The third kappa shape index (κ3) is 3.98. The third-order valence-electron chi connectivity index (χ3n) is 4.14. The number of amides is 1. The van der Waals surface area contributed by atoms with E-state index in [0.29, 0.717) is 5.69 Å². The molecule has 0 aliphatic heterocycles. The summed E-state index contributed by atoms with van der Waals surface area (Å²) in [5.74, 6) is -0.311. The number of carbonyl (C=O) groups excluding carboxylic acids is 1. The maximum Gasteiger partial charge on any atom is 0.273 e. The van der Waals surface area contributed by atoms with E-state index >= 15 is 0 Å². The van der Waals surface area contributed by atoms with E-state index in [4.69, 9.17) is 0 Å². The second-order valence-electron chi connectivity index (χ2n) is 6.40. The number of hydrogen-bond acceptors (Lipinski definition) is 6. The topological polar surface area (TPSA) is 105 Å². The highest BCUT2D eigenvalue weighted by molar-refractivity contribution is 7.94. The lowest BCUT2D eigenvalue weighted by Crippen LogP contribution is -2.11. The molecule has 0 aliphatic rings. The average Bonchev–Trinajstić information content (AvgIpc) is 3.30. The molecule has 4 aromatic rings. The van der Waals surface area contributed by atoms with Gasteiger partial charge in [0.05, 0.1) is 11.9 Å². The highest BCUT2D eigenvalue weighted by atomic mass is 32.2. The van der Waals surface area contributed by atoms with Crippen LogP contribution in [0.25, 0.3) is 16.9 Å². The first-order valence-electron chi connectivity index (χ1n) is 8.63. The van der Waals surface area contributed by atoms with Crippen molar-refractivity contribution in [2.45, 2.75) is 18.1 Å². The number of rotatable bonds is 5. The van der Waals surface area contributed by atoms with Crippen molar-refractivity contribution in [3.63, 3.8) is 0 Å². The number of sulfonamides is 1. The van der Waals surface area contributed by atoms with E-state index in [-0.39, 0.29) is 15.2 Å². The Hall–Kier alpha value is -3.24. The maximum atomic E-state index is 12.5. The smallest absolute Gasteiger partial charge is 0.273 e. The van der Waals surface area contributed by atoms with Crippen LogP contribution in [0.5, 0.6) is 0 Å². The van der Waals surface area contributed by atoms with Gasteiger partial charge in [-0.1, -0.05) is 29.5 Å². The Morgan fingerprint density at radius 1 is 1.17 bits per heavy atom. The Morgan fingerprint density at radius 2 is 1.93 bits per heavy atom. The van der Waals surface area contributed by atoms with E-state index in [0.717, 1.165) is 33.8 Å². The van der Waals surface area contributed by atoms with Crippen LogP contribution in [0.1, 0.15) is 12.5 Å². The van der Waals surface area contributed by atoms with Crippen molar-refractivity contribution in [3.05, 3.63) is 60.6 Å². The monoisotopic (exact) mass is 427 g/mol. The van der Waals surface area contributed by atoms with Crippen molar-refractivity contribution in [2.75, 3.05) is 10.0 Å². The molecule has 0 aliphatic carbocycles. The minimum Gasteiger partial charge on any atom is -0.306 e. The van der Waals surface area contributed by atoms with E-state index in [1.807, 2.05) is 48.0 Å². The molecule has 29 heavy (non-hydrogen) atoms. The van der Waals surface area contributed by atoms with Gasteiger partial charge in [0.1, 0.15) is 5.65 Å². The molecule has 0 radical (unpaired) electrons. The lowest BCUT2D eigenvalue weighted by molar-refractivity contribution is -0.114. The Kier molecular flexibility index (Phi) is 4.81. The second kappa shape index (κ2) is 7.30. The molecule has 3 heterocycles. The van der Waals surface area contributed by atoms with Gasteiger partial charge in [-0.15, -0.1) is 0 Å². The molecule has 148 valence electrons. The molecule has 3 aromatic heterocycles. The Morgan fingerprint density at radius 3 is 2.62 bits per heavy atom. The van der Waals surface area contributed by atoms with Gasteiger partial charge in [0.25, 0.3) is 10.0 Å². The normalized spacial score (nSPS) is 11.5. The highest BCUT2D eigenvalue weighted by Crippen LogP contribution is 2.27. The number of benzene rings is 1. The van der Waals surface area contributed by atoms with Gasteiger partial charge in [0.2, 0.25) is 5.91 Å². The van der Waals surface area contributed by atoms with Crippen LogP contribution >= 0.6 is 11.3 Å². The van der Waals surface area contributed by atoms with E-state index in [9.17, 15) is 13.2 Å². The summed E-state index contributed by atoms with van der Waals surface area (Å²) >= 11 is 0.885. The summed E-state index contributed by atoms with van der Waals surface area (Å²) < 4.78 is 29.6. The van der Waals surface area contributed by atoms with Gasteiger partial charge in [-0.25, -0.2) is 18.4 Å². The summed E-state index contributed by atoms with van der Waals surface area (Å²) in [5, 5.41) is 2.70. The van der Waals surface area contributed by atoms with Crippen molar-refractivity contribution in [2.24, 2.45) is 0 Å². The number of fused-ring (bicyclic) bond motifs is 1. The van der Waals surface area contributed by atoms with Gasteiger partial charge in [-0.2, -0.15) is 0 Å². The Balaban J connectivity index is 1.55. The van der Waals surface area contributed by atoms with Crippen molar-refractivity contribution in [3.8, 4) is 11.3 Å². The molecule has 0 atom stereocenters. The number of hydrogen-bond donors (Lipinski definition) is 2. The van der Waals surface area contributed by atoms with E-state index in [2.05, 4.69) is 20.0 Å². The molecular formula is C19H17N5O3S2. The molecule has 0 unspecified atom stereocenters. The molecule has 2 N–H and O–H groups in total. The number of nitrogens with zero attached hydrogens (tertiary/aromatic N) is 3. The number of pyridine rings is 1. The minimum absolute atomic E-state index is 0.0150. The maximum absolute atomic E-state index is 12.5. The molecule has 0 spiro atoms. The van der Waals surface area contributed by atoms with Crippen LogP contribution in [0.15, 0.2) is 59.2 Å². The van der Waals surface area contributed by atoms with Crippen molar-refractivity contribution in [1.82, 2.24) is 14.4 Å². The quantitative estimate of drug-likeness (QED) is 0.507. The molecule has 8 nitrogen and oxygen atoms in total. The average molecular weight is 428 g/mol. The third-order valence-corrected chi connectivity index (χ3v) is 6.90. The molecule has 4 rings (SSSR count). The number of carbonyl (C=O) groups is 1. The zero-order valence-corrected chi connectivity index (χ0v) is 17.2. The van der Waals surface area contributed by atoms with Gasteiger partial charge >= 0.3 is 0 Å². The number of aryl methyl sites for hydroxylation is 1. The molecule has 0 saturated heterocycles. The van der Waals surface area contributed by atoms with E-state index < -0.39 is 10.0 Å². The van der Waals surface area contributed by atoms with Crippen molar-refractivity contribution < 1.29 is 13.2 Å². The predicted octanol–water partition coefficient (Wildman–Crippen LogP) is 3.53. The number of thiazole rings is 1. The van der Waals surface area contributed by atoms with Crippen LogP contribution in [0, 0.1) is 6.92 Å². The number of anilines is 2. The van der Waals surface area contributed by atoms with Gasteiger partial charge in [0.15, 0.2) is 9.34 Å². The molecule has 1 amide bonds. The van der Waals surface area contributed by atoms with Crippen LogP contribution in [-0.4, -0.2) is 28.7 Å². The fourth-order valence-corrected chi connectivity index (χ4v) is 4.93. The second-order valence-corrected chi connectivity index (χ2v) is 9.34. The molecule has 0 saturated carbocycles. The Labute approximate surface area is 171 Å². The summed E-state index contributed by atoms with van der Waals surface area (Å²) in [6, 6.07) is 10.9. The zero-order valence-electron chi connectivity index (χ0n) is 15.6. The zero-order chi connectivity index (χ0) is 20.6. The van der Waals surface area contributed by atoms with Crippen molar-refractivity contribution >= 4 is 43.7 Å². The van der Waals surface area contributed by atoms with Crippen LogP contribution < -0.4 is 10.0 Å². The molecule has 0 bridgehead atoms. The lowest BCUT2D eigenvalue weighted by atomic mass is 10.1. The predicted molar refractivity (Wildman–Crippen MR) is 113 cm³/mol. The van der Waals surface area contributed by atoms with Crippen LogP contribution in [0.4, 0.5) is 10.8 Å². The fourth-order valence-electron chi connectivity index (χ4n) is 2.80. The van der Waals surface area contributed by atoms with Crippen LogP contribution in [-0.2, 0) is 14.8 Å². The molecule has 0 fully saturated rings. The van der Waals surface area contributed by atoms with Crippen LogP contribution in [0.3, 0.4) is 0 Å². The summed E-state index contributed by atoms with van der Waals surface area (Å²) in [6.45, 7) is 3.33. The largest absolute Gasteiger partial charge is 0.306 e. The fraction of sp³-hybridized carbons (Fsp3) is 0.105. The molecular weight excluding hydrogens is 410 g/mol. The first kappa shape index (κ1) is 19.1. The first-order chi connectivity index (χ1) is 13.8. The van der Waals surface area contributed by atoms with Gasteiger partial charge in [-0.05, 0) is 30.7 Å².